The van der Waals surface area contributed by atoms with Crippen LogP contribution in [0, 0.1) is 10.8 Å². The van der Waals surface area contributed by atoms with Crippen LogP contribution in [0.25, 0.3) is 0 Å². The van der Waals surface area contributed by atoms with Crippen molar-refractivity contribution in [2.24, 2.45) is 10.8 Å². The number of rotatable bonds is 2. The zero-order valence-electron chi connectivity index (χ0n) is 15.7. The van der Waals surface area contributed by atoms with Crippen molar-refractivity contribution in [3.05, 3.63) is 47.5 Å². The second-order valence-corrected chi connectivity index (χ2v) is 8.85. The molecule has 2 saturated heterocycles. The van der Waals surface area contributed by atoms with Crippen LogP contribution in [0.15, 0.2) is 42.0 Å². The number of fused-ring (bicyclic) bond motifs is 2. The third kappa shape index (κ3) is 1.89. The highest BCUT2D eigenvalue weighted by atomic mass is 16.6. The van der Waals surface area contributed by atoms with Gasteiger partial charge in [0.05, 0.1) is 24.4 Å². The van der Waals surface area contributed by atoms with Gasteiger partial charge in [-0.05, 0) is 31.9 Å². The summed E-state index contributed by atoms with van der Waals surface area (Å²) in [6.07, 6.45) is 4.98. The molecular formula is C22H26O4. The Bertz CT molecular complexity index is 781. The second-order valence-electron chi connectivity index (χ2n) is 8.85. The lowest BCUT2D eigenvalue weighted by Crippen LogP contribution is -2.63. The van der Waals surface area contributed by atoms with Crippen LogP contribution < -0.4 is 0 Å². The molecule has 4 aliphatic rings. The Kier molecular flexibility index (Phi) is 3.31. The number of epoxide rings is 1. The van der Waals surface area contributed by atoms with Crippen LogP contribution in [-0.4, -0.2) is 36.5 Å². The maximum atomic E-state index is 12.8. The number of esters is 1. The molecular weight excluding hydrogens is 328 g/mol. The van der Waals surface area contributed by atoms with Crippen LogP contribution in [0.3, 0.4) is 0 Å². The third-order valence-corrected chi connectivity index (χ3v) is 7.79. The highest BCUT2D eigenvalue weighted by molar-refractivity contribution is 5.89. The predicted molar refractivity (Wildman–Crippen MR) is 96.8 cm³/mol. The van der Waals surface area contributed by atoms with E-state index in [1.807, 2.05) is 30.3 Å². The zero-order chi connectivity index (χ0) is 18.2. The van der Waals surface area contributed by atoms with Crippen LogP contribution in [0.4, 0.5) is 0 Å². The van der Waals surface area contributed by atoms with Crippen molar-refractivity contribution in [3.63, 3.8) is 0 Å². The van der Waals surface area contributed by atoms with E-state index in [1.165, 1.54) is 5.57 Å². The lowest BCUT2D eigenvalue weighted by atomic mass is 9.52. The summed E-state index contributed by atoms with van der Waals surface area (Å²) in [6, 6.07) is 9.26. The monoisotopic (exact) mass is 354 g/mol. The van der Waals surface area contributed by atoms with Crippen LogP contribution >= 0.6 is 0 Å². The van der Waals surface area contributed by atoms with Crippen molar-refractivity contribution < 1.29 is 19.0 Å². The van der Waals surface area contributed by atoms with Gasteiger partial charge in [-0.3, -0.25) is 0 Å². The molecule has 4 nitrogen and oxygen atoms in total. The molecule has 1 saturated carbocycles. The number of benzene rings is 1. The van der Waals surface area contributed by atoms with Crippen molar-refractivity contribution >= 4 is 5.97 Å². The van der Waals surface area contributed by atoms with Crippen molar-refractivity contribution in [1.29, 1.82) is 0 Å². The minimum atomic E-state index is -0.293. The summed E-state index contributed by atoms with van der Waals surface area (Å²) >= 11 is 0. The molecule has 1 aromatic carbocycles. The molecule has 2 aliphatic heterocycles. The quantitative estimate of drug-likeness (QED) is 0.459. The summed E-state index contributed by atoms with van der Waals surface area (Å²) < 4.78 is 18.7. The maximum absolute atomic E-state index is 12.8. The van der Waals surface area contributed by atoms with E-state index in [0.717, 1.165) is 12.8 Å². The van der Waals surface area contributed by atoms with E-state index < -0.39 is 0 Å². The van der Waals surface area contributed by atoms with Gasteiger partial charge in [-0.25, -0.2) is 4.79 Å². The van der Waals surface area contributed by atoms with Crippen LogP contribution in [0.1, 0.15) is 50.4 Å². The average molecular weight is 354 g/mol. The molecule has 0 radical (unpaired) electrons. The fourth-order valence-electron chi connectivity index (χ4n) is 5.79. The first-order valence-corrected chi connectivity index (χ1v) is 9.63. The normalized spacial score (nSPS) is 45.8. The molecule has 0 unspecified atom stereocenters. The predicted octanol–water partition coefficient (Wildman–Crippen LogP) is 3.90. The zero-order valence-corrected chi connectivity index (χ0v) is 15.7. The second kappa shape index (κ2) is 5.20. The van der Waals surface area contributed by atoms with Gasteiger partial charge in [0.15, 0.2) is 0 Å². The van der Waals surface area contributed by atoms with E-state index in [0.29, 0.717) is 18.6 Å². The number of carbonyl (C=O) groups is 1. The summed E-state index contributed by atoms with van der Waals surface area (Å²) in [6.45, 7) is 7.46. The standard InChI is InChI=1S/C22H26O4/c1-14-9-10-20(2)16(11-14)25-18-12-17(21(20,3)22(18)13-24-22)26-19(23)15-7-5-4-6-8-15/h4-8,11,16-18H,9-10,12-13H2,1-3H3/t16-,17-,18-,20+,21-,22+/m1/s1. The summed E-state index contributed by atoms with van der Waals surface area (Å²) in [5.41, 5.74) is 1.36. The van der Waals surface area contributed by atoms with Gasteiger partial charge in [-0.1, -0.05) is 43.7 Å². The molecule has 138 valence electrons. The van der Waals surface area contributed by atoms with Crippen molar-refractivity contribution in [3.8, 4) is 0 Å². The molecule has 0 aromatic heterocycles. The summed E-state index contributed by atoms with van der Waals surface area (Å²) in [5.74, 6) is -0.247. The molecule has 1 spiro atoms. The van der Waals surface area contributed by atoms with Crippen LogP contribution in [-0.2, 0) is 14.2 Å². The molecule has 4 heteroatoms. The molecule has 6 atom stereocenters. The van der Waals surface area contributed by atoms with Crippen LogP contribution in [0.2, 0.25) is 0 Å². The number of hydrogen-bond acceptors (Lipinski definition) is 4. The lowest BCUT2D eigenvalue weighted by Gasteiger charge is -2.57. The third-order valence-electron chi connectivity index (χ3n) is 7.79. The number of ether oxygens (including phenoxy) is 3. The Morgan fingerprint density at radius 3 is 2.65 bits per heavy atom. The lowest BCUT2D eigenvalue weighted by molar-refractivity contribution is -0.204. The highest BCUT2D eigenvalue weighted by Gasteiger charge is 2.81. The topological polar surface area (TPSA) is 48.1 Å². The first kappa shape index (κ1) is 16.5. The Labute approximate surface area is 154 Å². The van der Waals surface area contributed by atoms with E-state index in [2.05, 4.69) is 26.8 Å². The summed E-state index contributed by atoms with van der Waals surface area (Å²) in [7, 11) is 0. The molecule has 0 amide bonds. The van der Waals surface area contributed by atoms with Gasteiger partial charge in [0.25, 0.3) is 0 Å². The van der Waals surface area contributed by atoms with E-state index in [9.17, 15) is 4.79 Å². The van der Waals surface area contributed by atoms with Crippen molar-refractivity contribution in [2.45, 2.75) is 63.9 Å². The van der Waals surface area contributed by atoms with Gasteiger partial charge in [-0.15, -0.1) is 0 Å². The SMILES string of the molecule is CC1=C[C@H]2O[C@@H]3C[C@@H](OC(=O)c4ccccc4)[C@](C)([C@@]2(C)CC1)[C@]31CO1. The Morgan fingerprint density at radius 1 is 1.23 bits per heavy atom. The Hall–Kier alpha value is -1.65. The molecule has 2 aliphatic carbocycles. The van der Waals surface area contributed by atoms with Gasteiger partial charge in [-0.2, -0.15) is 0 Å². The first-order valence-electron chi connectivity index (χ1n) is 9.63. The fourth-order valence-corrected chi connectivity index (χ4v) is 5.79. The highest BCUT2D eigenvalue weighted by Crippen LogP contribution is 2.71. The summed E-state index contributed by atoms with van der Waals surface area (Å²) in [4.78, 5) is 12.8. The fraction of sp³-hybridized carbons (Fsp3) is 0.591. The Balaban J connectivity index is 1.52. The van der Waals surface area contributed by atoms with Gasteiger partial charge >= 0.3 is 5.97 Å². The Morgan fingerprint density at radius 2 is 1.96 bits per heavy atom. The number of allylic oxidation sites excluding steroid dienone is 1. The van der Waals surface area contributed by atoms with Gasteiger partial charge < -0.3 is 14.2 Å². The largest absolute Gasteiger partial charge is 0.458 e. The van der Waals surface area contributed by atoms with Gasteiger partial charge in [0.1, 0.15) is 11.7 Å². The number of carbonyl (C=O) groups excluding carboxylic acids is 1. The summed E-state index contributed by atoms with van der Waals surface area (Å²) in [5, 5.41) is 0. The average Bonchev–Trinajstić information content (AvgIpc) is 3.41. The molecule has 3 fully saturated rings. The maximum Gasteiger partial charge on any atom is 0.338 e. The molecule has 2 heterocycles. The smallest absolute Gasteiger partial charge is 0.338 e. The van der Waals surface area contributed by atoms with Crippen LogP contribution in [0.5, 0.6) is 0 Å². The van der Waals surface area contributed by atoms with Crippen molar-refractivity contribution in [1.82, 2.24) is 0 Å². The molecule has 26 heavy (non-hydrogen) atoms. The van der Waals surface area contributed by atoms with Crippen molar-refractivity contribution in [2.75, 3.05) is 6.61 Å². The van der Waals surface area contributed by atoms with Gasteiger partial charge in [0, 0.05) is 17.3 Å². The van der Waals surface area contributed by atoms with E-state index in [1.54, 1.807) is 0 Å². The van der Waals surface area contributed by atoms with E-state index in [-0.39, 0.29) is 40.7 Å². The first-order chi connectivity index (χ1) is 12.4. The minimum Gasteiger partial charge on any atom is -0.458 e. The molecule has 0 N–H and O–H groups in total. The van der Waals surface area contributed by atoms with E-state index in [4.69, 9.17) is 14.2 Å². The molecule has 5 rings (SSSR count). The number of hydrogen-bond donors (Lipinski definition) is 0. The van der Waals surface area contributed by atoms with Gasteiger partial charge in [0.2, 0.25) is 0 Å². The minimum absolute atomic E-state index is 0.00120. The molecule has 1 aromatic rings. The van der Waals surface area contributed by atoms with E-state index >= 15 is 0 Å². The molecule has 2 bridgehead atoms.